The van der Waals surface area contributed by atoms with Gasteiger partial charge in [-0.15, -0.1) is 0 Å². The first-order valence-electron chi connectivity index (χ1n) is 13.1. The molecule has 1 aromatic rings. The quantitative estimate of drug-likeness (QED) is 0.354. The predicted octanol–water partition coefficient (Wildman–Crippen LogP) is 5.15. The van der Waals surface area contributed by atoms with Gasteiger partial charge in [0.25, 0.3) is 0 Å². The van der Waals surface area contributed by atoms with Crippen LogP contribution in [0.2, 0.25) is 0 Å². The third-order valence-corrected chi connectivity index (χ3v) is 6.91. The van der Waals surface area contributed by atoms with Gasteiger partial charge in [-0.05, 0) is 49.6 Å². The maximum absolute atomic E-state index is 13.2. The number of urea groups is 1. The molecule has 0 bridgehead atoms. The molecule has 0 aliphatic carbocycles. The Morgan fingerprint density at radius 1 is 1.13 bits per heavy atom. The van der Waals surface area contributed by atoms with Gasteiger partial charge in [0, 0.05) is 57.1 Å². The summed E-state index contributed by atoms with van der Waals surface area (Å²) in [5, 5.41) is 18.8. The van der Waals surface area contributed by atoms with Crippen molar-refractivity contribution in [1.29, 1.82) is 0 Å². The van der Waals surface area contributed by atoms with Crippen LogP contribution in [0.4, 0.5) is 10.5 Å². The van der Waals surface area contributed by atoms with Crippen molar-refractivity contribution >= 4 is 17.7 Å². The zero-order valence-corrected chi connectivity index (χ0v) is 22.4. The van der Waals surface area contributed by atoms with Gasteiger partial charge in [0.15, 0.2) is 0 Å². The van der Waals surface area contributed by atoms with E-state index in [1.165, 1.54) is 0 Å². The second kappa shape index (κ2) is 14.3. The molecular formula is C31H39N3O4. The Hall–Kier alpha value is -3.68. The number of carbonyl (C=O) groups excluding carboxylic acids is 1. The van der Waals surface area contributed by atoms with Gasteiger partial charge in [0.05, 0.1) is 5.92 Å². The standard InChI is InChI=1S/C31H39N3O4/c1-4-6-8-9-24(3)29(16-20-35)26(10-7-5-2)15-17-33-18-19-34(31(33)38)28-13-11-25(12-14-28)21-32-22-27(23-32)30(36)37/h4-15,17,27,29,35H,1,16,18-23H2,2-3H3,(H,36,37)/b7-5-,8-6-,17-15+,24-9+,26-10+. The minimum Gasteiger partial charge on any atom is -0.481 e. The number of benzene rings is 1. The highest BCUT2D eigenvalue weighted by atomic mass is 16.4. The summed E-state index contributed by atoms with van der Waals surface area (Å²) in [6.07, 6.45) is 17.9. The largest absolute Gasteiger partial charge is 0.481 e. The second-order valence-electron chi connectivity index (χ2n) is 9.63. The van der Waals surface area contributed by atoms with Gasteiger partial charge < -0.3 is 10.2 Å². The van der Waals surface area contributed by atoms with Crippen LogP contribution in [0, 0.1) is 11.8 Å². The molecule has 2 fully saturated rings. The van der Waals surface area contributed by atoms with E-state index < -0.39 is 5.97 Å². The molecule has 1 unspecified atom stereocenters. The molecule has 38 heavy (non-hydrogen) atoms. The van der Waals surface area contributed by atoms with E-state index in [9.17, 15) is 14.7 Å². The predicted molar refractivity (Wildman–Crippen MR) is 153 cm³/mol. The summed E-state index contributed by atoms with van der Waals surface area (Å²) < 4.78 is 0. The molecule has 2 N–H and O–H groups in total. The fourth-order valence-electron chi connectivity index (χ4n) is 4.69. The number of nitrogens with zero attached hydrogens (tertiary/aromatic N) is 3. The zero-order valence-electron chi connectivity index (χ0n) is 22.4. The highest BCUT2D eigenvalue weighted by molar-refractivity contribution is 5.94. The van der Waals surface area contributed by atoms with E-state index in [0.717, 1.165) is 22.4 Å². The Morgan fingerprint density at radius 2 is 1.87 bits per heavy atom. The molecule has 1 atom stereocenters. The topological polar surface area (TPSA) is 84.3 Å². The fraction of sp³-hybridized carbons (Fsp3) is 0.355. The molecule has 7 heteroatoms. The molecule has 1 aromatic carbocycles. The van der Waals surface area contributed by atoms with Crippen LogP contribution in [-0.2, 0) is 11.3 Å². The van der Waals surface area contributed by atoms with Crippen molar-refractivity contribution in [1.82, 2.24) is 9.80 Å². The lowest BCUT2D eigenvalue weighted by molar-refractivity contribution is -0.147. The van der Waals surface area contributed by atoms with E-state index >= 15 is 0 Å². The second-order valence-corrected chi connectivity index (χ2v) is 9.63. The van der Waals surface area contributed by atoms with Gasteiger partial charge in [-0.1, -0.05) is 66.8 Å². The van der Waals surface area contributed by atoms with Crippen LogP contribution in [0.3, 0.4) is 0 Å². The number of carboxylic acids is 1. The van der Waals surface area contributed by atoms with E-state index in [1.54, 1.807) is 15.9 Å². The maximum atomic E-state index is 13.2. The molecule has 0 radical (unpaired) electrons. The Morgan fingerprint density at radius 3 is 2.50 bits per heavy atom. The molecule has 2 aliphatic rings. The van der Waals surface area contributed by atoms with E-state index in [4.69, 9.17) is 5.11 Å². The van der Waals surface area contributed by atoms with Crippen LogP contribution in [0.5, 0.6) is 0 Å². The van der Waals surface area contributed by atoms with Gasteiger partial charge in [0.1, 0.15) is 0 Å². The van der Waals surface area contributed by atoms with Crippen molar-refractivity contribution in [3.63, 3.8) is 0 Å². The number of hydrogen-bond donors (Lipinski definition) is 2. The average Bonchev–Trinajstić information content (AvgIpc) is 3.25. The number of aliphatic carboxylic acids is 1. The van der Waals surface area contributed by atoms with Crippen molar-refractivity contribution in [2.24, 2.45) is 11.8 Å². The molecule has 202 valence electrons. The third-order valence-electron chi connectivity index (χ3n) is 6.91. The van der Waals surface area contributed by atoms with Crippen LogP contribution >= 0.6 is 0 Å². The first-order valence-corrected chi connectivity index (χ1v) is 13.1. The number of carboxylic acid groups (broad SMARTS) is 1. The van der Waals surface area contributed by atoms with Gasteiger partial charge >= 0.3 is 12.0 Å². The van der Waals surface area contributed by atoms with E-state index in [1.807, 2.05) is 86.8 Å². The highest BCUT2D eigenvalue weighted by Gasteiger charge is 2.32. The molecular weight excluding hydrogens is 478 g/mol. The smallest absolute Gasteiger partial charge is 0.328 e. The Kier molecular flexibility index (Phi) is 10.9. The van der Waals surface area contributed by atoms with E-state index in [-0.39, 0.29) is 24.5 Å². The molecule has 3 rings (SSSR count). The molecule has 0 saturated carbocycles. The van der Waals surface area contributed by atoms with Crippen LogP contribution in [0.1, 0.15) is 25.8 Å². The first-order chi connectivity index (χ1) is 18.4. The zero-order chi connectivity index (χ0) is 27.5. The summed E-state index contributed by atoms with van der Waals surface area (Å²) in [5.41, 5.74) is 4.08. The highest BCUT2D eigenvalue weighted by Crippen LogP contribution is 2.27. The van der Waals surface area contributed by atoms with Gasteiger partial charge in [0.2, 0.25) is 0 Å². The number of amides is 2. The van der Waals surface area contributed by atoms with Gasteiger partial charge in [-0.25, -0.2) is 4.79 Å². The first kappa shape index (κ1) is 28.9. The maximum Gasteiger partial charge on any atom is 0.328 e. The SMILES string of the molecule is C=C/C=C\C=C(/C)C(CCO)C(=C/C=C\C)/C=C/N1CCN(c2ccc(CN3CC(C(=O)O)C3)cc2)C1=O. The number of carbonyl (C=O) groups is 2. The van der Waals surface area contributed by atoms with Crippen LogP contribution < -0.4 is 4.90 Å². The van der Waals surface area contributed by atoms with Crippen LogP contribution in [0.25, 0.3) is 0 Å². The van der Waals surface area contributed by atoms with Crippen molar-refractivity contribution < 1.29 is 19.8 Å². The van der Waals surface area contributed by atoms with Gasteiger partial charge in [-0.2, -0.15) is 0 Å². The summed E-state index contributed by atoms with van der Waals surface area (Å²) in [7, 11) is 0. The van der Waals surface area contributed by atoms with Gasteiger partial charge in [-0.3, -0.25) is 19.5 Å². The number of aliphatic hydroxyl groups is 1. The number of aliphatic hydroxyl groups excluding tert-OH is 1. The van der Waals surface area contributed by atoms with Crippen LogP contribution in [-0.4, -0.2) is 64.8 Å². The number of rotatable bonds is 13. The van der Waals surface area contributed by atoms with Crippen LogP contribution in [0.15, 0.2) is 96.8 Å². The minimum atomic E-state index is -0.733. The molecule has 7 nitrogen and oxygen atoms in total. The van der Waals surface area contributed by atoms with Crippen molar-refractivity contribution in [2.45, 2.75) is 26.8 Å². The summed E-state index contributed by atoms with van der Waals surface area (Å²) in [6, 6.07) is 7.83. The number of anilines is 1. The van der Waals surface area contributed by atoms with E-state index in [0.29, 0.717) is 39.1 Å². The van der Waals surface area contributed by atoms with Crippen molar-refractivity contribution in [3.8, 4) is 0 Å². The Balaban J connectivity index is 1.67. The Bertz CT molecular complexity index is 1120. The minimum absolute atomic E-state index is 0.0143. The molecule has 2 aliphatic heterocycles. The normalized spacial score (nSPS) is 18.8. The Labute approximate surface area is 226 Å². The lowest BCUT2D eigenvalue weighted by Crippen LogP contribution is -2.49. The summed E-state index contributed by atoms with van der Waals surface area (Å²) in [4.78, 5) is 29.8. The lowest BCUT2D eigenvalue weighted by atomic mass is 9.88. The molecule has 2 saturated heterocycles. The van der Waals surface area contributed by atoms with Crippen molar-refractivity contribution in [2.75, 3.05) is 37.7 Å². The van der Waals surface area contributed by atoms with E-state index in [2.05, 4.69) is 11.5 Å². The molecule has 0 aromatic heterocycles. The number of likely N-dealkylation sites (tertiary alicyclic amines) is 1. The van der Waals surface area contributed by atoms with Crippen molar-refractivity contribution in [3.05, 3.63) is 102 Å². The monoisotopic (exact) mass is 517 g/mol. The summed E-state index contributed by atoms with van der Waals surface area (Å²) >= 11 is 0. The molecule has 0 spiro atoms. The summed E-state index contributed by atoms with van der Waals surface area (Å²) in [6.45, 7) is 10.8. The third kappa shape index (κ3) is 7.66. The molecule has 2 heterocycles. The lowest BCUT2D eigenvalue weighted by Gasteiger charge is -2.36. The molecule has 2 amide bonds. The summed E-state index contributed by atoms with van der Waals surface area (Å²) in [5.74, 6) is -0.985. The fourth-order valence-corrected chi connectivity index (χ4v) is 4.69. The average molecular weight is 518 g/mol. The number of hydrogen-bond acceptors (Lipinski definition) is 4. The number of allylic oxidation sites excluding steroid dienone is 10.